The molecule has 0 bridgehead atoms. The normalized spacial score (nSPS) is 9.00. The van der Waals surface area contributed by atoms with Gasteiger partial charge < -0.3 is 10.5 Å². The Bertz CT molecular complexity index is 202. The molecular formula is C6H12ClN3O. The van der Waals surface area contributed by atoms with Crippen LogP contribution in [0.15, 0.2) is 6.20 Å². The molecule has 1 rings (SSSR count). The highest BCUT2D eigenvalue weighted by molar-refractivity contribution is 5.85. The van der Waals surface area contributed by atoms with E-state index in [4.69, 9.17) is 10.5 Å². The molecule has 0 fully saturated rings. The largest absolute Gasteiger partial charge is 0.480 e. The summed E-state index contributed by atoms with van der Waals surface area (Å²) < 4.78 is 6.63. The third-order valence-corrected chi connectivity index (χ3v) is 1.28. The second kappa shape index (κ2) is 4.20. The summed E-state index contributed by atoms with van der Waals surface area (Å²) in [6, 6.07) is 0. The quantitative estimate of drug-likeness (QED) is 0.708. The smallest absolute Gasteiger partial charge is 0.237 e. The Hall–Kier alpha value is -0.740. The summed E-state index contributed by atoms with van der Waals surface area (Å²) in [6.45, 7) is 0.469. The third kappa shape index (κ3) is 2.10. The minimum Gasteiger partial charge on any atom is -0.480 e. The summed E-state index contributed by atoms with van der Waals surface area (Å²) in [5, 5.41) is 4.01. The first-order valence-electron chi connectivity index (χ1n) is 3.04. The van der Waals surface area contributed by atoms with Crippen LogP contribution in [0.3, 0.4) is 0 Å². The molecule has 4 nitrogen and oxygen atoms in total. The zero-order valence-electron chi connectivity index (χ0n) is 6.57. The SMILES string of the molecule is COc1nn(C)cc1CN.Cl. The Balaban J connectivity index is 0.000001000. The first-order valence-corrected chi connectivity index (χ1v) is 3.04. The molecule has 0 saturated carbocycles. The second-order valence-corrected chi connectivity index (χ2v) is 2.04. The van der Waals surface area contributed by atoms with Crippen molar-refractivity contribution in [3.05, 3.63) is 11.8 Å². The first-order chi connectivity index (χ1) is 4.77. The van der Waals surface area contributed by atoms with E-state index in [9.17, 15) is 0 Å². The Kier molecular flexibility index (Phi) is 3.92. The van der Waals surface area contributed by atoms with Gasteiger partial charge in [0.05, 0.1) is 7.11 Å². The standard InChI is InChI=1S/C6H11N3O.ClH/c1-9-4-5(3-7)6(8-9)10-2;/h4H,3,7H2,1-2H3;1H. The fourth-order valence-corrected chi connectivity index (χ4v) is 0.829. The first kappa shape index (κ1) is 10.3. The maximum Gasteiger partial charge on any atom is 0.237 e. The van der Waals surface area contributed by atoms with Crippen molar-refractivity contribution >= 4 is 12.4 Å². The summed E-state index contributed by atoms with van der Waals surface area (Å²) in [4.78, 5) is 0. The summed E-state index contributed by atoms with van der Waals surface area (Å²) >= 11 is 0. The van der Waals surface area contributed by atoms with Gasteiger partial charge in [0.2, 0.25) is 5.88 Å². The lowest BCUT2D eigenvalue weighted by atomic mass is 10.3. The van der Waals surface area contributed by atoms with Gasteiger partial charge in [0.1, 0.15) is 0 Å². The lowest BCUT2D eigenvalue weighted by molar-refractivity contribution is 0.388. The van der Waals surface area contributed by atoms with E-state index in [0.29, 0.717) is 12.4 Å². The van der Waals surface area contributed by atoms with Gasteiger partial charge in [0.25, 0.3) is 0 Å². The van der Waals surface area contributed by atoms with Crippen molar-refractivity contribution < 1.29 is 4.74 Å². The van der Waals surface area contributed by atoms with Crippen LogP contribution >= 0.6 is 12.4 Å². The molecule has 0 amide bonds. The van der Waals surface area contributed by atoms with E-state index >= 15 is 0 Å². The van der Waals surface area contributed by atoms with Gasteiger partial charge >= 0.3 is 0 Å². The highest BCUT2D eigenvalue weighted by atomic mass is 35.5. The average molecular weight is 178 g/mol. The molecule has 1 aromatic rings. The van der Waals surface area contributed by atoms with Crippen molar-refractivity contribution in [1.29, 1.82) is 0 Å². The van der Waals surface area contributed by atoms with E-state index < -0.39 is 0 Å². The van der Waals surface area contributed by atoms with Crippen LogP contribution in [0.4, 0.5) is 0 Å². The molecule has 5 heteroatoms. The number of methoxy groups -OCH3 is 1. The van der Waals surface area contributed by atoms with Crippen molar-refractivity contribution in [2.75, 3.05) is 7.11 Å². The Morgan fingerprint density at radius 1 is 1.73 bits per heavy atom. The van der Waals surface area contributed by atoms with Gasteiger partial charge in [0, 0.05) is 25.4 Å². The van der Waals surface area contributed by atoms with Gasteiger partial charge in [-0.1, -0.05) is 0 Å². The molecule has 0 aliphatic rings. The molecular weight excluding hydrogens is 166 g/mol. The van der Waals surface area contributed by atoms with Crippen LogP contribution in [0.5, 0.6) is 5.88 Å². The van der Waals surface area contributed by atoms with E-state index in [1.165, 1.54) is 0 Å². The number of aromatic nitrogens is 2. The van der Waals surface area contributed by atoms with E-state index in [1.807, 2.05) is 13.2 Å². The number of rotatable bonds is 2. The molecule has 0 spiro atoms. The summed E-state index contributed by atoms with van der Waals surface area (Å²) in [5.74, 6) is 0.616. The zero-order valence-corrected chi connectivity index (χ0v) is 7.39. The average Bonchev–Trinajstić information content (AvgIpc) is 2.30. The van der Waals surface area contributed by atoms with E-state index in [2.05, 4.69) is 5.10 Å². The minimum absolute atomic E-state index is 0. The van der Waals surface area contributed by atoms with E-state index in [0.717, 1.165) is 5.56 Å². The predicted octanol–water partition coefficient (Wildman–Crippen LogP) is 0.309. The predicted molar refractivity (Wildman–Crippen MR) is 44.9 cm³/mol. The molecule has 0 atom stereocenters. The van der Waals surface area contributed by atoms with Gasteiger partial charge in [-0.05, 0) is 0 Å². The molecule has 1 aromatic heterocycles. The van der Waals surface area contributed by atoms with E-state index in [1.54, 1.807) is 11.8 Å². The van der Waals surface area contributed by atoms with Gasteiger partial charge in [0.15, 0.2) is 0 Å². The molecule has 64 valence electrons. The number of hydrogen-bond donors (Lipinski definition) is 1. The number of halogens is 1. The van der Waals surface area contributed by atoms with Crippen LogP contribution in [-0.4, -0.2) is 16.9 Å². The Labute approximate surface area is 71.7 Å². The topological polar surface area (TPSA) is 53.1 Å². The van der Waals surface area contributed by atoms with Crippen molar-refractivity contribution in [2.24, 2.45) is 12.8 Å². The highest BCUT2D eigenvalue weighted by Crippen LogP contribution is 2.12. The lowest BCUT2D eigenvalue weighted by Crippen LogP contribution is -1.96. The number of ether oxygens (including phenoxy) is 1. The van der Waals surface area contributed by atoms with E-state index in [-0.39, 0.29) is 12.4 Å². The summed E-state index contributed by atoms with van der Waals surface area (Å²) in [7, 11) is 3.42. The van der Waals surface area contributed by atoms with Crippen molar-refractivity contribution in [1.82, 2.24) is 9.78 Å². The molecule has 1 heterocycles. The number of aryl methyl sites for hydroxylation is 1. The lowest BCUT2D eigenvalue weighted by Gasteiger charge is -1.93. The van der Waals surface area contributed by atoms with Gasteiger partial charge in [-0.25, -0.2) is 0 Å². The van der Waals surface area contributed by atoms with Crippen molar-refractivity contribution in [3.63, 3.8) is 0 Å². The maximum atomic E-state index is 5.41. The van der Waals surface area contributed by atoms with Gasteiger partial charge in [-0.3, -0.25) is 4.68 Å². The molecule has 11 heavy (non-hydrogen) atoms. The summed E-state index contributed by atoms with van der Waals surface area (Å²) in [6.07, 6.45) is 1.85. The van der Waals surface area contributed by atoms with Crippen LogP contribution in [0.1, 0.15) is 5.56 Å². The molecule has 0 aromatic carbocycles. The Morgan fingerprint density at radius 3 is 2.73 bits per heavy atom. The second-order valence-electron chi connectivity index (χ2n) is 2.04. The molecule has 0 saturated heterocycles. The van der Waals surface area contributed by atoms with Crippen LogP contribution in [-0.2, 0) is 13.6 Å². The number of nitrogens with zero attached hydrogens (tertiary/aromatic N) is 2. The fourth-order valence-electron chi connectivity index (χ4n) is 0.829. The molecule has 0 unspecified atom stereocenters. The monoisotopic (exact) mass is 177 g/mol. The van der Waals surface area contributed by atoms with Crippen LogP contribution < -0.4 is 10.5 Å². The molecule has 0 radical (unpaired) electrons. The summed E-state index contributed by atoms with van der Waals surface area (Å²) in [5.41, 5.74) is 6.34. The fraction of sp³-hybridized carbons (Fsp3) is 0.500. The molecule has 0 aliphatic heterocycles. The number of hydrogen-bond acceptors (Lipinski definition) is 3. The zero-order chi connectivity index (χ0) is 7.56. The Morgan fingerprint density at radius 2 is 2.36 bits per heavy atom. The highest BCUT2D eigenvalue weighted by Gasteiger charge is 2.03. The van der Waals surface area contributed by atoms with Crippen molar-refractivity contribution in [3.8, 4) is 5.88 Å². The third-order valence-electron chi connectivity index (χ3n) is 1.28. The van der Waals surface area contributed by atoms with Gasteiger partial charge in [-0.15, -0.1) is 17.5 Å². The van der Waals surface area contributed by atoms with Crippen LogP contribution in [0.2, 0.25) is 0 Å². The molecule has 0 aliphatic carbocycles. The minimum atomic E-state index is 0. The van der Waals surface area contributed by atoms with Crippen molar-refractivity contribution in [2.45, 2.75) is 6.54 Å². The van der Waals surface area contributed by atoms with Gasteiger partial charge in [-0.2, -0.15) is 0 Å². The maximum absolute atomic E-state index is 5.41. The molecule has 2 N–H and O–H groups in total. The van der Waals surface area contributed by atoms with Crippen LogP contribution in [0.25, 0.3) is 0 Å². The van der Waals surface area contributed by atoms with Crippen LogP contribution in [0, 0.1) is 0 Å². The number of nitrogens with two attached hydrogens (primary N) is 1.